The number of aromatic nitrogens is 1. The van der Waals surface area contributed by atoms with Gasteiger partial charge in [0.15, 0.2) is 11.5 Å². The first-order valence-electron chi connectivity index (χ1n) is 4.46. The number of nitrogens with zero attached hydrogens (tertiary/aromatic N) is 1. The number of oxazole rings is 1. The van der Waals surface area contributed by atoms with E-state index in [0.29, 0.717) is 23.0 Å². The number of rotatable bonds is 2. The largest absolute Gasteiger partial charge is 0.440 e. The Hall–Kier alpha value is -1.06. The molecule has 0 saturated heterocycles. The summed E-state index contributed by atoms with van der Waals surface area (Å²) in [6, 6.07) is 5.40. The zero-order chi connectivity index (χ0) is 10.1. The number of hydrogen-bond acceptors (Lipinski definition) is 3. The van der Waals surface area contributed by atoms with Gasteiger partial charge in [-0.15, -0.1) is 0 Å². The predicted molar refractivity (Wildman–Crippen MR) is 56.5 cm³/mol. The van der Waals surface area contributed by atoms with Gasteiger partial charge in [-0.25, -0.2) is 4.98 Å². The van der Waals surface area contributed by atoms with Crippen LogP contribution in [-0.2, 0) is 0 Å². The summed E-state index contributed by atoms with van der Waals surface area (Å²) < 4.78 is 5.53. The number of hydrogen-bond donors (Lipinski definition) is 1. The Labute approximate surface area is 86.9 Å². The van der Waals surface area contributed by atoms with Crippen LogP contribution in [0, 0.1) is 0 Å². The van der Waals surface area contributed by atoms with E-state index >= 15 is 0 Å². The van der Waals surface area contributed by atoms with Gasteiger partial charge in [0.05, 0.1) is 0 Å². The topological polar surface area (TPSA) is 52.0 Å². The minimum absolute atomic E-state index is 0.140. The van der Waals surface area contributed by atoms with E-state index in [9.17, 15) is 0 Å². The van der Waals surface area contributed by atoms with E-state index in [1.807, 2.05) is 13.0 Å². The third-order valence-corrected chi connectivity index (χ3v) is 2.38. The van der Waals surface area contributed by atoms with Gasteiger partial charge in [0, 0.05) is 23.6 Å². The highest BCUT2D eigenvalue weighted by atomic mass is 35.5. The summed E-state index contributed by atoms with van der Waals surface area (Å²) in [6.45, 7) is 2.51. The maximum Gasteiger partial charge on any atom is 0.199 e. The molecule has 0 aliphatic rings. The Morgan fingerprint density at radius 2 is 2.36 bits per heavy atom. The van der Waals surface area contributed by atoms with Crippen molar-refractivity contribution < 1.29 is 4.42 Å². The van der Waals surface area contributed by atoms with E-state index in [1.165, 1.54) is 0 Å². The second kappa shape index (κ2) is 3.59. The molecule has 2 aromatic rings. The maximum absolute atomic E-state index is 5.83. The molecule has 1 heterocycles. The average Bonchev–Trinajstić information content (AvgIpc) is 2.59. The van der Waals surface area contributed by atoms with Crippen molar-refractivity contribution in [3.8, 4) is 0 Å². The van der Waals surface area contributed by atoms with E-state index < -0.39 is 0 Å². The van der Waals surface area contributed by atoms with Crippen molar-refractivity contribution in [2.75, 3.05) is 6.54 Å². The van der Waals surface area contributed by atoms with Crippen molar-refractivity contribution in [3.05, 3.63) is 29.1 Å². The molecule has 14 heavy (non-hydrogen) atoms. The van der Waals surface area contributed by atoms with Crippen LogP contribution in [0.5, 0.6) is 0 Å². The fraction of sp³-hybridized carbons (Fsp3) is 0.300. The first kappa shape index (κ1) is 9.49. The second-order valence-corrected chi connectivity index (χ2v) is 3.74. The van der Waals surface area contributed by atoms with Crippen LogP contribution in [0.3, 0.4) is 0 Å². The van der Waals surface area contributed by atoms with Crippen LogP contribution in [-0.4, -0.2) is 11.5 Å². The predicted octanol–water partition coefficient (Wildman–Crippen LogP) is 2.54. The second-order valence-electron chi connectivity index (χ2n) is 3.30. The van der Waals surface area contributed by atoms with Crippen molar-refractivity contribution in [3.63, 3.8) is 0 Å². The molecule has 1 aromatic carbocycles. The van der Waals surface area contributed by atoms with Crippen molar-refractivity contribution in [2.45, 2.75) is 12.8 Å². The van der Waals surface area contributed by atoms with Gasteiger partial charge in [0.2, 0.25) is 0 Å². The third-order valence-electron chi connectivity index (χ3n) is 2.14. The molecule has 2 rings (SSSR count). The zero-order valence-electron chi connectivity index (χ0n) is 7.83. The minimum Gasteiger partial charge on any atom is -0.440 e. The number of fused-ring (bicyclic) bond motifs is 1. The molecule has 74 valence electrons. The lowest BCUT2D eigenvalue weighted by Crippen LogP contribution is -2.08. The summed E-state index contributed by atoms with van der Waals surface area (Å²) in [5.74, 6) is 0.811. The summed E-state index contributed by atoms with van der Waals surface area (Å²) in [5.41, 5.74) is 7.07. The number of halogens is 1. The molecule has 3 nitrogen and oxygen atoms in total. The van der Waals surface area contributed by atoms with Gasteiger partial charge in [-0.1, -0.05) is 18.5 Å². The Balaban J connectivity index is 2.51. The molecule has 2 N–H and O–H groups in total. The summed E-state index contributed by atoms with van der Waals surface area (Å²) >= 11 is 5.83. The number of nitrogens with two attached hydrogens (primary N) is 1. The fourth-order valence-electron chi connectivity index (χ4n) is 1.23. The summed E-state index contributed by atoms with van der Waals surface area (Å²) in [4.78, 5) is 4.32. The molecule has 0 aliphatic heterocycles. The van der Waals surface area contributed by atoms with E-state index in [0.717, 1.165) is 5.52 Å². The van der Waals surface area contributed by atoms with Gasteiger partial charge in [0.25, 0.3) is 0 Å². The molecule has 0 bridgehead atoms. The standard InChI is InChI=1S/C10H11ClN2O/c1-6(5-12)10-13-8-3-2-7(11)4-9(8)14-10/h2-4,6H,5,12H2,1H3. The van der Waals surface area contributed by atoms with Gasteiger partial charge in [-0.05, 0) is 12.1 Å². The van der Waals surface area contributed by atoms with Crippen LogP contribution in [0.4, 0.5) is 0 Å². The van der Waals surface area contributed by atoms with Gasteiger partial charge < -0.3 is 10.2 Å². The van der Waals surface area contributed by atoms with Crippen molar-refractivity contribution in [1.29, 1.82) is 0 Å². The normalized spacial score (nSPS) is 13.4. The Bertz CT molecular complexity index is 452. The van der Waals surface area contributed by atoms with Gasteiger partial charge in [-0.2, -0.15) is 0 Å². The molecule has 0 fully saturated rings. The van der Waals surface area contributed by atoms with E-state index in [2.05, 4.69) is 4.98 Å². The molecule has 0 saturated carbocycles. The summed E-state index contributed by atoms with van der Waals surface area (Å²) in [7, 11) is 0. The van der Waals surface area contributed by atoms with Gasteiger partial charge in [-0.3, -0.25) is 0 Å². The number of benzene rings is 1. The van der Waals surface area contributed by atoms with Crippen LogP contribution < -0.4 is 5.73 Å². The smallest absolute Gasteiger partial charge is 0.199 e. The molecule has 0 aliphatic carbocycles. The molecule has 1 atom stereocenters. The van der Waals surface area contributed by atoms with Crippen LogP contribution in [0.25, 0.3) is 11.1 Å². The lowest BCUT2D eigenvalue weighted by Gasteiger charge is -1.99. The Morgan fingerprint density at radius 3 is 3.07 bits per heavy atom. The zero-order valence-corrected chi connectivity index (χ0v) is 8.58. The molecule has 1 unspecified atom stereocenters. The molecule has 1 aromatic heterocycles. The third kappa shape index (κ3) is 1.61. The molecule has 0 radical (unpaired) electrons. The SMILES string of the molecule is CC(CN)c1nc2ccc(Cl)cc2o1. The lowest BCUT2D eigenvalue weighted by atomic mass is 10.2. The van der Waals surface area contributed by atoms with Crippen molar-refractivity contribution in [1.82, 2.24) is 4.98 Å². The highest BCUT2D eigenvalue weighted by molar-refractivity contribution is 6.31. The molecular weight excluding hydrogens is 200 g/mol. The van der Waals surface area contributed by atoms with Gasteiger partial charge in [0.1, 0.15) is 5.52 Å². The van der Waals surface area contributed by atoms with Gasteiger partial charge >= 0.3 is 0 Å². The highest BCUT2D eigenvalue weighted by Gasteiger charge is 2.11. The summed E-state index contributed by atoms with van der Waals surface area (Å²) in [5, 5.41) is 0.653. The monoisotopic (exact) mass is 210 g/mol. The quantitative estimate of drug-likeness (QED) is 0.829. The van der Waals surface area contributed by atoms with Crippen LogP contribution in [0.1, 0.15) is 18.7 Å². The van der Waals surface area contributed by atoms with Crippen molar-refractivity contribution in [2.24, 2.45) is 5.73 Å². The van der Waals surface area contributed by atoms with E-state index in [-0.39, 0.29) is 5.92 Å². The fourth-order valence-corrected chi connectivity index (χ4v) is 1.39. The van der Waals surface area contributed by atoms with Crippen LogP contribution >= 0.6 is 11.6 Å². The summed E-state index contributed by atoms with van der Waals surface area (Å²) in [6.07, 6.45) is 0. The van der Waals surface area contributed by atoms with Crippen molar-refractivity contribution >= 4 is 22.7 Å². The Kier molecular flexibility index (Phi) is 2.44. The highest BCUT2D eigenvalue weighted by Crippen LogP contribution is 2.23. The Morgan fingerprint density at radius 1 is 1.57 bits per heavy atom. The first-order valence-corrected chi connectivity index (χ1v) is 4.84. The van der Waals surface area contributed by atoms with Crippen LogP contribution in [0.15, 0.2) is 22.6 Å². The lowest BCUT2D eigenvalue weighted by molar-refractivity contribution is 0.489. The first-order chi connectivity index (χ1) is 6.70. The van der Waals surface area contributed by atoms with E-state index in [4.69, 9.17) is 21.8 Å². The maximum atomic E-state index is 5.83. The molecule has 0 spiro atoms. The van der Waals surface area contributed by atoms with Crippen LogP contribution in [0.2, 0.25) is 5.02 Å². The van der Waals surface area contributed by atoms with E-state index in [1.54, 1.807) is 12.1 Å². The minimum atomic E-state index is 0.140. The molecule has 0 amide bonds. The molecular formula is C10H11ClN2O. The average molecular weight is 211 g/mol. The molecule has 4 heteroatoms.